The third-order valence-corrected chi connectivity index (χ3v) is 2.52. The first kappa shape index (κ1) is 11.3. The van der Waals surface area contributed by atoms with Gasteiger partial charge in [-0.1, -0.05) is 0 Å². The smallest absolute Gasteiger partial charge is 0.276 e. The molecule has 0 fully saturated rings. The predicted octanol–water partition coefficient (Wildman–Crippen LogP) is 1.48. The molecule has 0 bridgehead atoms. The number of carbonyl (C=O) groups is 1. The topological polar surface area (TPSA) is 72.7 Å². The molecule has 90 valence electrons. The van der Waals surface area contributed by atoms with Gasteiger partial charge in [-0.25, -0.2) is 4.39 Å². The molecule has 0 aromatic heterocycles. The van der Waals surface area contributed by atoms with Crippen molar-refractivity contribution < 1.29 is 18.8 Å². The number of carbonyl (C=O) groups excluding carboxylic acids is 1. The second-order valence-electron chi connectivity index (χ2n) is 3.46. The second-order valence-corrected chi connectivity index (χ2v) is 3.46. The highest BCUT2D eigenvalue weighted by molar-refractivity contribution is 5.74. The minimum atomic E-state index is -0.925. The molecule has 2 rings (SSSR count). The lowest BCUT2D eigenvalue weighted by Gasteiger charge is -2.18. The standard InChI is InChI=1S/C10H9FN2O4/c1-2-12-9(5-14)17-8-4-6(13(15)16)3-7(11)10(8)12/h3-5,9H,2H2,1H3. The van der Waals surface area contributed by atoms with Crippen molar-refractivity contribution in [2.24, 2.45) is 0 Å². The number of ether oxygens (including phenoxy) is 1. The van der Waals surface area contributed by atoms with Crippen molar-refractivity contribution in [2.75, 3.05) is 11.4 Å². The monoisotopic (exact) mass is 240 g/mol. The van der Waals surface area contributed by atoms with Gasteiger partial charge in [0.1, 0.15) is 5.69 Å². The number of hydrogen-bond acceptors (Lipinski definition) is 5. The Balaban J connectivity index is 2.53. The summed E-state index contributed by atoms with van der Waals surface area (Å²) in [6.45, 7) is 2.10. The van der Waals surface area contributed by atoms with Gasteiger partial charge in [0.2, 0.25) is 6.23 Å². The van der Waals surface area contributed by atoms with Crippen LogP contribution in [0.2, 0.25) is 0 Å². The zero-order valence-corrected chi connectivity index (χ0v) is 8.92. The molecule has 1 atom stereocenters. The summed E-state index contributed by atoms with van der Waals surface area (Å²) in [5, 5.41) is 10.6. The highest BCUT2D eigenvalue weighted by Crippen LogP contribution is 2.41. The van der Waals surface area contributed by atoms with E-state index in [4.69, 9.17) is 4.74 Å². The normalized spacial score (nSPS) is 17.5. The second kappa shape index (κ2) is 4.00. The van der Waals surface area contributed by atoms with E-state index in [1.165, 1.54) is 4.90 Å². The van der Waals surface area contributed by atoms with E-state index >= 15 is 0 Å². The summed E-state index contributed by atoms with van der Waals surface area (Å²) in [4.78, 5) is 22.0. The first-order valence-electron chi connectivity index (χ1n) is 4.95. The Morgan fingerprint density at radius 1 is 1.65 bits per heavy atom. The number of nitro benzene ring substituents is 1. The summed E-state index contributed by atoms with van der Waals surface area (Å²) in [7, 11) is 0. The van der Waals surface area contributed by atoms with Gasteiger partial charge in [-0.3, -0.25) is 14.9 Å². The van der Waals surface area contributed by atoms with Crippen molar-refractivity contribution in [3.05, 3.63) is 28.1 Å². The van der Waals surface area contributed by atoms with Crippen molar-refractivity contribution in [1.82, 2.24) is 0 Å². The number of likely N-dealkylation sites (N-methyl/N-ethyl adjacent to an activating group) is 1. The van der Waals surface area contributed by atoms with Crippen LogP contribution in [0.3, 0.4) is 0 Å². The first-order chi connectivity index (χ1) is 8.08. The van der Waals surface area contributed by atoms with Crippen molar-refractivity contribution in [1.29, 1.82) is 0 Å². The lowest BCUT2D eigenvalue weighted by Crippen LogP contribution is -2.35. The number of nitrogens with zero attached hydrogens (tertiary/aromatic N) is 2. The van der Waals surface area contributed by atoms with Crippen molar-refractivity contribution >= 4 is 17.7 Å². The van der Waals surface area contributed by atoms with E-state index in [1.54, 1.807) is 6.92 Å². The van der Waals surface area contributed by atoms with Crippen molar-refractivity contribution in [3.8, 4) is 5.75 Å². The van der Waals surface area contributed by atoms with E-state index in [9.17, 15) is 19.3 Å². The van der Waals surface area contributed by atoms with Gasteiger partial charge >= 0.3 is 0 Å². The highest BCUT2D eigenvalue weighted by atomic mass is 19.1. The van der Waals surface area contributed by atoms with Gasteiger partial charge in [0, 0.05) is 6.54 Å². The molecule has 0 saturated carbocycles. The van der Waals surface area contributed by atoms with Crippen LogP contribution in [0.15, 0.2) is 12.1 Å². The van der Waals surface area contributed by atoms with Gasteiger partial charge in [-0.05, 0) is 6.92 Å². The third kappa shape index (κ3) is 1.69. The fraction of sp³-hybridized carbons (Fsp3) is 0.300. The molecule has 0 amide bonds. The van der Waals surface area contributed by atoms with Gasteiger partial charge in [-0.15, -0.1) is 0 Å². The van der Waals surface area contributed by atoms with Gasteiger partial charge in [0.25, 0.3) is 5.69 Å². The lowest BCUT2D eigenvalue weighted by atomic mass is 10.2. The quantitative estimate of drug-likeness (QED) is 0.454. The molecule has 0 radical (unpaired) electrons. The molecule has 1 aromatic rings. The maximum Gasteiger partial charge on any atom is 0.276 e. The number of aldehydes is 1. The molecule has 1 aliphatic heterocycles. The molecule has 0 N–H and O–H groups in total. The highest BCUT2D eigenvalue weighted by Gasteiger charge is 2.34. The van der Waals surface area contributed by atoms with Crippen LogP contribution in [0.5, 0.6) is 5.75 Å². The summed E-state index contributed by atoms with van der Waals surface area (Å²) < 4.78 is 18.9. The summed E-state index contributed by atoms with van der Waals surface area (Å²) in [6.07, 6.45) is -0.402. The summed E-state index contributed by atoms with van der Waals surface area (Å²) in [5.74, 6) is -0.740. The van der Waals surface area contributed by atoms with Crippen LogP contribution in [-0.2, 0) is 4.79 Å². The minimum absolute atomic E-state index is 0.0238. The van der Waals surface area contributed by atoms with Crippen LogP contribution in [0.1, 0.15) is 6.92 Å². The molecule has 1 aromatic carbocycles. The number of fused-ring (bicyclic) bond motifs is 1. The van der Waals surface area contributed by atoms with Crippen LogP contribution >= 0.6 is 0 Å². The largest absolute Gasteiger partial charge is 0.461 e. The number of non-ortho nitro benzene ring substituents is 1. The molecule has 0 aliphatic carbocycles. The Labute approximate surface area is 95.7 Å². The lowest BCUT2D eigenvalue weighted by molar-refractivity contribution is -0.385. The maximum atomic E-state index is 13.7. The van der Waals surface area contributed by atoms with E-state index < -0.39 is 22.7 Å². The summed E-state index contributed by atoms with van der Waals surface area (Å²) in [6, 6.07) is 1.93. The zero-order chi connectivity index (χ0) is 12.6. The number of halogens is 1. The van der Waals surface area contributed by atoms with Crippen molar-refractivity contribution in [2.45, 2.75) is 13.2 Å². The number of rotatable bonds is 3. The van der Waals surface area contributed by atoms with Crippen LogP contribution in [0, 0.1) is 15.9 Å². The molecule has 1 unspecified atom stereocenters. The average Bonchev–Trinajstić information content (AvgIpc) is 2.66. The molecule has 7 heteroatoms. The van der Waals surface area contributed by atoms with E-state index in [0.717, 1.165) is 12.1 Å². The summed E-state index contributed by atoms with van der Waals surface area (Å²) >= 11 is 0. The van der Waals surface area contributed by atoms with Gasteiger partial charge in [-0.2, -0.15) is 0 Å². The van der Waals surface area contributed by atoms with E-state index in [1.807, 2.05) is 0 Å². The predicted molar refractivity (Wildman–Crippen MR) is 56.6 cm³/mol. The van der Waals surface area contributed by atoms with Crippen molar-refractivity contribution in [3.63, 3.8) is 0 Å². The van der Waals surface area contributed by atoms with Crippen LogP contribution in [0.4, 0.5) is 15.8 Å². The fourth-order valence-corrected chi connectivity index (χ4v) is 1.79. The third-order valence-electron chi connectivity index (χ3n) is 2.52. The number of benzene rings is 1. The number of nitro groups is 1. The summed E-state index contributed by atoms with van der Waals surface area (Å²) in [5.41, 5.74) is -0.306. The molecule has 0 spiro atoms. The molecular weight excluding hydrogens is 231 g/mol. The Morgan fingerprint density at radius 3 is 2.88 bits per heavy atom. The van der Waals surface area contributed by atoms with Gasteiger partial charge in [0.05, 0.1) is 17.1 Å². The van der Waals surface area contributed by atoms with E-state index in [2.05, 4.69) is 0 Å². The Kier molecular flexibility index (Phi) is 2.66. The Hall–Kier alpha value is -2.18. The average molecular weight is 240 g/mol. The molecule has 1 aliphatic rings. The van der Waals surface area contributed by atoms with E-state index in [0.29, 0.717) is 12.8 Å². The molecule has 0 saturated heterocycles. The first-order valence-corrected chi connectivity index (χ1v) is 4.95. The van der Waals surface area contributed by atoms with Gasteiger partial charge < -0.3 is 9.64 Å². The molecular formula is C10H9FN2O4. The Morgan fingerprint density at radius 2 is 2.35 bits per heavy atom. The van der Waals surface area contributed by atoms with Crippen LogP contribution < -0.4 is 9.64 Å². The van der Waals surface area contributed by atoms with Crippen LogP contribution in [-0.4, -0.2) is 24.0 Å². The van der Waals surface area contributed by atoms with E-state index in [-0.39, 0.29) is 11.4 Å². The van der Waals surface area contributed by atoms with Gasteiger partial charge in [0.15, 0.2) is 17.9 Å². The fourth-order valence-electron chi connectivity index (χ4n) is 1.79. The molecule has 1 heterocycles. The zero-order valence-electron chi connectivity index (χ0n) is 8.92. The number of anilines is 1. The SMILES string of the molecule is CCN1c2c(F)cc([N+](=O)[O-])cc2OC1C=O. The van der Waals surface area contributed by atoms with Crippen LogP contribution in [0.25, 0.3) is 0 Å². The minimum Gasteiger partial charge on any atom is -0.461 e. The molecule has 6 nitrogen and oxygen atoms in total. The Bertz CT molecular complexity index is 491. The number of hydrogen-bond donors (Lipinski definition) is 0. The maximum absolute atomic E-state index is 13.7. The molecule has 17 heavy (non-hydrogen) atoms.